The smallest absolute Gasteiger partial charge is 0.0406 e. The van der Waals surface area contributed by atoms with Crippen molar-refractivity contribution in [3.63, 3.8) is 0 Å². The lowest BCUT2D eigenvalue weighted by atomic mass is 9.94. The summed E-state index contributed by atoms with van der Waals surface area (Å²) in [7, 11) is 0. The Hall–Kier alpha value is -2.80. The Balaban J connectivity index is 1.83. The number of benzene rings is 2. The normalized spacial score (nSPS) is 17.4. The molecule has 1 nitrogen and oxygen atoms in total. The van der Waals surface area contributed by atoms with Gasteiger partial charge in [0.15, 0.2) is 0 Å². The van der Waals surface area contributed by atoms with E-state index in [4.69, 9.17) is 0 Å². The van der Waals surface area contributed by atoms with Crippen molar-refractivity contribution in [3.8, 4) is 0 Å². The second kappa shape index (κ2) is 9.62. The van der Waals surface area contributed by atoms with Crippen molar-refractivity contribution < 1.29 is 0 Å². The van der Waals surface area contributed by atoms with Gasteiger partial charge in [0.25, 0.3) is 0 Å². The molecule has 26 heavy (non-hydrogen) atoms. The summed E-state index contributed by atoms with van der Waals surface area (Å²) in [6.45, 7) is 4.92. The van der Waals surface area contributed by atoms with Crippen molar-refractivity contribution in [2.45, 2.75) is 19.3 Å². The van der Waals surface area contributed by atoms with E-state index in [9.17, 15) is 0 Å². The van der Waals surface area contributed by atoms with Crippen molar-refractivity contribution in [2.75, 3.05) is 11.4 Å². The Morgan fingerprint density at radius 1 is 1.00 bits per heavy atom. The molecule has 3 rings (SSSR count). The number of hydrogen-bond acceptors (Lipinski definition) is 1. The molecule has 0 aliphatic heterocycles. The van der Waals surface area contributed by atoms with Crippen LogP contribution in [0.2, 0.25) is 0 Å². The number of allylic oxidation sites excluding steroid dienone is 6. The van der Waals surface area contributed by atoms with E-state index in [2.05, 4.69) is 96.6 Å². The van der Waals surface area contributed by atoms with Gasteiger partial charge in [0.1, 0.15) is 0 Å². The van der Waals surface area contributed by atoms with Gasteiger partial charge in [-0.3, -0.25) is 0 Å². The fourth-order valence-corrected chi connectivity index (χ4v) is 3.35. The molecule has 0 spiro atoms. The summed E-state index contributed by atoms with van der Waals surface area (Å²) in [5.41, 5.74) is 3.62. The van der Waals surface area contributed by atoms with Crippen LogP contribution in [0, 0.1) is 5.92 Å². The summed E-state index contributed by atoms with van der Waals surface area (Å²) in [5.74, 6) is 0.702. The Morgan fingerprint density at radius 2 is 1.73 bits per heavy atom. The summed E-state index contributed by atoms with van der Waals surface area (Å²) in [4.78, 5) is 2.38. The van der Waals surface area contributed by atoms with E-state index < -0.39 is 0 Å². The molecule has 0 heterocycles. The summed E-state index contributed by atoms with van der Waals surface area (Å²) >= 11 is 0. The Labute approximate surface area is 157 Å². The minimum absolute atomic E-state index is 0.702. The van der Waals surface area contributed by atoms with Gasteiger partial charge in [-0.25, -0.2) is 0 Å². The highest BCUT2D eigenvalue weighted by Gasteiger charge is 2.14. The molecule has 0 amide bonds. The third-order valence-electron chi connectivity index (χ3n) is 4.76. The molecule has 0 radical (unpaired) electrons. The van der Waals surface area contributed by atoms with Gasteiger partial charge in [-0.05, 0) is 54.5 Å². The highest BCUT2D eigenvalue weighted by molar-refractivity contribution is 5.75. The van der Waals surface area contributed by atoms with Gasteiger partial charge < -0.3 is 4.90 Å². The molecule has 2 aromatic rings. The van der Waals surface area contributed by atoms with E-state index in [1.807, 2.05) is 12.1 Å². The Bertz CT molecular complexity index is 768. The zero-order valence-electron chi connectivity index (χ0n) is 15.3. The minimum atomic E-state index is 0.702. The molecule has 0 saturated carbocycles. The molecule has 1 atom stereocenters. The summed E-state index contributed by atoms with van der Waals surface area (Å²) < 4.78 is 0. The number of para-hydroxylation sites is 1. The molecule has 1 unspecified atom stereocenters. The van der Waals surface area contributed by atoms with Gasteiger partial charge in [-0.2, -0.15) is 0 Å². The van der Waals surface area contributed by atoms with Crippen LogP contribution in [0.4, 0.5) is 5.69 Å². The Kier molecular flexibility index (Phi) is 6.66. The highest BCUT2D eigenvalue weighted by Crippen LogP contribution is 2.24. The molecular formula is C25H27N. The molecule has 1 aliphatic rings. The van der Waals surface area contributed by atoms with Crippen LogP contribution in [0.25, 0.3) is 5.57 Å². The maximum absolute atomic E-state index is 3.87. The van der Waals surface area contributed by atoms with Crippen LogP contribution in [-0.4, -0.2) is 6.54 Å². The van der Waals surface area contributed by atoms with Gasteiger partial charge in [0.05, 0.1) is 0 Å². The Morgan fingerprint density at radius 3 is 2.38 bits per heavy atom. The van der Waals surface area contributed by atoms with Crippen LogP contribution < -0.4 is 4.90 Å². The predicted molar refractivity (Wildman–Crippen MR) is 114 cm³/mol. The van der Waals surface area contributed by atoms with Crippen LogP contribution in [0.1, 0.15) is 24.8 Å². The second-order valence-electron chi connectivity index (χ2n) is 6.68. The lowest BCUT2D eigenvalue weighted by Gasteiger charge is -2.27. The summed E-state index contributed by atoms with van der Waals surface area (Å²) in [6, 6.07) is 21.1. The van der Waals surface area contributed by atoms with Gasteiger partial charge in [0, 0.05) is 18.4 Å². The molecule has 132 valence electrons. The molecule has 1 heteroatoms. The van der Waals surface area contributed by atoms with E-state index in [1.54, 1.807) is 0 Å². The first kappa shape index (κ1) is 18.0. The third kappa shape index (κ3) is 5.10. The largest absolute Gasteiger partial charge is 0.348 e. The predicted octanol–water partition coefficient (Wildman–Crippen LogP) is 6.63. The highest BCUT2D eigenvalue weighted by atomic mass is 15.1. The SMILES string of the molecule is C=C/C=C(\C=C/N(CC1CC=CCC1)c1ccccc1)c1ccccc1. The first-order chi connectivity index (χ1) is 12.9. The fraction of sp³-hybridized carbons (Fsp3) is 0.200. The molecule has 0 N–H and O–H groups in total. The summed E-state index contributed by atoms with van der Waals surface area (Å²) in [6.07, 6.45) is 16.6. The van der Waals surface area contributed by atoms with Crippen molar-refractivity contribution in [3.05, 3.63) is 109 Å². The molecule has 1 aliphatic carbocycles. The molecule has 0 aromatic heterocycles. The molecule has 0 bridgehead atoms. The van der Waals surface area contributed by atoms with E-state index in [-0.39, 0.29) is 0 Å². The quantitative estimate of drug-likeness (QED) is 0.403. The second-order valence-corrected chi connectivity index (χ2v) is 6.68. The maximum atomic E-state index is 3.87. The van der Waals surface area contributed by atoms with Gasteiger partial charge in [0.2, 0.25) is 0 Å². The van der Waals surface area contributed by atoms with E-state index in [1.165, 1.54) is 36.1 Å². The van der Waals surface area contributed by atoms with Crippen molar-refractivity contribution in [1.82, 2.24) is 0 Å². The monoisotopic (exact) mass is 341 g/mol. The molecule has 0 fully saturated rings. The zero-order valence-corrected chi connectivity index (χ0v) is 15.3. The van der Waals surface area contributed by atoms with E-state index in [0.29, 0.717) is 5.92 Å². The molecular weight excluding hydrogens is 314 g/mol. The standard InChI is InChI=1S/C25H27N/c1-2-12-23(24-15-8-4-9-16-24)19-20-26(25-17-10-5-11-18-25)21-22-13-6-3-7-14-22/h2-6,8-12,15-20,22H,1,7,13-14,21H2/b20-19-,23-12+. The van der Waals surface area contributed by atoms with E-state index in [0.717, 1.165) is 6.54 Å². The van der Waals surface area contributed by atoms with Crippen molar-refractivity contribution >= 4 is 11.3 Å². The van der Waals surface area contributed by atoms with Crippen LogP contribution in [0.15, 0.2) is 104 Å². The zero-order chi connectivity index (χ0) is 18.0. The average molecular weight is 341 g/mol. The van der Waals surface area contributed by atoms with Crippen molar-refractivity contribution in [2.24, 2.45) is 5.92 Å². The van der Waals surface area contributed by atoms with E-state index >= 15 is 0 Å². The average Bonchev–Trinajstić information content (AvgIpc) is 2.72. The number of rotatable bonds is 7. The van der Waals surface area contributed by atoms with Crippen LogP contribution in [0.5, 0.6) is 0 Å². The minimum Gasteiger partial charge on any atom is -0.348 e. The molecule has 2 aromatic carbocycles. The fourth-order valence-electron chi connectivity index (χ4n) is 3.35. The lowest BCUT2D eigenvalue weighted by molar-refractivity contribution is 0.486. The van der Waals surface area contributed by atoms with Crippen LogP contribution in [-0.2, 0) is 0 Å². The van der Waals surface area contributed by atoms with Gasteiger partial charge in [-0.1, -0.05) is 79.4 Å². The van der Waals surface area contributed by atoms with Crippen molar-refractivity contribution in [1.29, 1.82) is 0 Å². The van der Waals surface area contributed by atoms with Crippen LogP contribution in [0.3, 0.4) is 0 Å². The maximum Gasteiger partial charge on any atom is 0.0406 e. The van der Waals surface area contributed by atoms with Gasteiger partial charge >= 0.3 is 0 Å². The lowest BCUT2D eigenvalue weighted by Crippen LogP contribution is -2.25. The number of nitrogens with zero attached hydrogens (tertiary/aromatic N) is 1. The first-order valence-electron chi connectivity index (χ1n) is 9.40. The third-order valence-corrected chi connectivity index (χ3v) is 4.76. The number of hydrogen-bond donors (Lipinski definition) is 0. The van der Waals surface area contributed by atoms with Crippen LogP contribution >= 0.6 is 0 Å². The summed E-state index contributed by atoms with van der Waals surface area (Å²) in [5, 5.41) is 0. The topological polar surface area (TPSA) is 3.24 Å². The first-order valence-corrected chi connectivity index (χ1v) is 9.40. The molecule has 0 saturated heterocycles. The van der Waals surface area contributed by atoms with Gasteiger partial charge in [-0.15, -0.1) is 0 Å². The number of anilines is 1.